The fourth-order valence-corrected chi connectivity index (χ4v) is 0.776. The maximum Gasteiger partial charge on any atom is 0.331 e. The molecule has 0 amide bonds. The predicted molar refractivity (Wildman–Crippen MR) is 58.1 cm³/mol. The Morgan fingerprint density at radius 2 is 1.53 bits per heavy atom. The van der Waals surface area contributed by atoms with Gasteiger partial charge in [0.2, 0.25) is 0 Å². The fraction of sp³-hybridized carbons (Fsp3) is 0.364. The lowest BCUT2D eigenvalue weighted by atomic mass is 10.4. The third-order valence-corrected chi connectivity index (χ3v) is 1.44. The van der Waals surface area contributed by atoms with E-state index in [2.05, 4.69) is 4.74 Å². The molecule has 0 saturated carbocycles. The lowest BCUT2D eigenvalue weighted by Crippen LogP contribution is -2.08. The number of ether oxygens (including phenoxy) is 2. The van der Waals surface area contributed by atoms with Crippen LogP contribution in [-0.4, -0.2) is 36.2 Å². The van der Waals surface area contributed by atoms with E-state index >= 15 is 0 Å². The SMILES string of the molecule is CC=CC(=O)OCCCOC(=O)/C=C\C(=O)O. The van der Waals surface area contributed by atoms with Crippen molar-refractivity contribution in [3.8, 4) is 0 Å². The third-order valence-electron chi connectivity index (χ3n) is 1.44. The highest BCUT2D eigenvalue weighted by molar-refractivity contribution is 5.90. The quantitative estimate of drug-likeness (QED) is 0.401. The molecule has 6 nitrogen and oxygen atoms in total. The van der Waals surface area contributed by atoms with Crippen LogP contribution in [0.1, 0.15) is 13.3 Å². The average molecular weight is 242 g/mol. The van der Waals surface area contributed by atoms with E-state index in [-0.39, 0.29) is 13.2 Å². The highest BCUT2D eigenvalue weighted by Gasteiger charge is 1.99. The van der Waals surface area contributed by atoms with Crippen LogP contribution in [0.4, 0.5) is 0 Å². The van der Waals surface area contributed by atoms with Gasteiger partial charge in [-0.25, -0.2) is 14.4 Å². The Labute approximate surface area is 98.5 Å². The summed E-state index contributed by atoms with van der Waals surface area (Å²) in [4.78, 5) is 31.7. The van der Waals surface area contributed by atoms with Crippen molar-refractivity contribution >= 4 is 17.9 Å². The van der Waals surface area contributed by atoms with Crippen LogP contribution in [0.15, 0.2) is 24.3 Å². The number of carbonyl (C=O) groups excluding carboxylic acids is 2. The van der Waals surface area contributed by atoms with Crippen LogP contribution in [0.2, 0.25) is 0 Å². The molecule has 0 aromatic heterocycles. The first-order valence-corrected chi connectivity index (χ1v) is 4.93. The molecule has 6 heteroatoms. The van der Waals surface area contributed by atoms with Crippen LogP contribution in [0.25, 0.3) is 0 Å². The Bertz CT molecular complexity index is 329. The number of rotatable bonds is 7. The van der Waals surface area contributed by atoms with Gasteiger partial charge >= 0.3 is 17.9 Å². The van der Waals surface area contributed by atoms with E-state index in [0.717, 1.165) is 6.08 Å². The zero-order chi connectivity index (χ0) is 13.1. The van der Waals surface area contributed by atoms with Crippen molar-refractivity contribution in [3.05, 3.63) is 24.3 Å². The number of esters is 2. The van der Waals surface area contributed by atoms with Crippen LogP contribution < -0.4 is 0 Å². The molecule has 0 heterocycles. The molecule has 0 aromatic carbocycles. The van der Waals surface area contributed by atoms with E-state index in [1.54, 1.807) is 13.0 Å². The normalized spacial score (nSPS) is 10.6. The van der Waals surface area contributed by atoms with Crippen molar-refractivity contribution in [3.63, 3.8) is 0 Å². The molecular formula is C11H14O6. The van der Waals surface area contributed by atoms with Gasteiger partial charge in [-0.05, 0) is 6.92 Å². The largest absolute Gasteiger partial charge is 0.478 e. The van der Waals surface area contributed by atoms with Crippen LogP contribution in [0, 0.1) is 0 Å². The summed E-state index contributed by atoms with van der Waals surface area (Å²) >= 11 is 0. The number of hydrogen-bond acceptors (Lipinski definition) is 5. The van der Waals surface area contributed by atoms with Gasteiger partial charge in [0.25, 0.3) is 0 Å². The van der Waals surface area contributed by atoms with E-state index in [4.69, 9.17) is 9.84 Å². The van der Waals surface area contributed by atoms with Gasteiger partial charge in [0.15, 0.2) is 0 Å². The zero-order valence-electron chi connectivity index (χ0n) is 9.42. The third kappa shape index (κ3) is 10.2. The van der Waals surface area contributed by atoms with E-state index in [1.165, 1.54) is 6.08 Å². The van der Waals surface area contributed by atoms with Crippen molar-refractivity contribution in [2.24, 2.45) is 0 Å². The monoisotopic (exact) mass is 242 g/mol. The standard InChI is InChI=1S/C11H14O6/c1-2-4-10(14)16-7-3-8-17-11(15)6-5-9(12)13/h2,4-6H,3,7-8H2,1H3,(H,12,13)/b4-2?,6-5-. The summed E-state index contributed by atoms with van der Waals surface area (Å²) in [5.74, 6) is -2.42. The summed E-state index contributed by atoms with van der Waals surface area (Å²) in [6, 6.07) is 0. The van der Waals surface area contributed by atoms with Crippen LogP contribution in [-0.2, 0) is 23.9 Å². The molecule has 0 radical (unpaired) electrons. The van der Waals surface area contributed by atoms with Gasteiger partial charge in [0, 0.05) is 24.6 Å². The Hall–Kier alpha value is -2.11. The Morgan fingerprint density at radius 3 is 2.00 bits per heavy atom. The van der Waals surface area contributed by atoms with Gasteiger partial charge in [-0.1, -0.05) is 6.08 Å². The number of allylic oxidation sites excluding steroid dienone is 1. The molecule has 1 N–H and O–H groups in total. The average Bonchev–Trinajstić information content (AvgIpc) is 2.26. The van der Waals surface area contributed by atoms with Crippen molar-refractivity contribution in [1.29, 1.82) is 0 Å². The van der Waals surface area contributed by atoms with E-state index < -0.39 is 17.9 Å². The highest BCUT2D eigenvalue weighted by atomic mass is 16.5. The summed E-state index contributed by atoms with van der Waals surface area (Å²) in [5.41, 5.74) is 0. The first-order valence-electron chi connectivity index (χ1n) is 4.93. The van der Waals surface area contributed by atoms with Gasteiger partial charge in [0.05, 0.1) is 13.2 Å². The minimum absolute atomic E-state index is 0.0614. The van der Waals surface area contributed by atoms with E-state index in [1.807, 2.05) is 0 Å². The minimum Gasteiger partial charge on any atom is -0.478 e. The van der Waals surface area contributed by atoms with Crippen molar-refractivity contribution in [1.82, 2.24) is 0 Å². The Balaban J connectivity index is 3.55. The van der Waals surface area contributed by atoms with Gasteiger partial charge in [-0.15, -0.1) is 0 Å². The minimum atomic E-state index is -1.22. The van der Waals surface area contributed by atoms with Gasteiger partial charge < -0.3 is 14.6 Å². The Kier molecular flexibility index (Phi) is 8.01. The van der Waals surface area contributed by atoms with Gasteiger partial charge in [-0.2, -0.15) is 0 Å². The summed E-state index contributed by atoms with van der Waals surface area (Å²) in [6.07, 6.45) is 4.69. The van der Waals surface area contributed by atoms with E-state index in [0.29, 0.717) is 12.5 Å². The molecule has 0 aliphatic carbocycles. The maximum absolute atomic E-state index is 10.9. The number of hydrogen-bond donors (Lipinski definition) is 1. The molecule has 0 aromatic rings. The molecule has 0 rings (SSSR count). The maximum atomic E-state index is 10.9. The molecule has 0 aliphatic heterocycles. The molecule has 0 fully saturated rings. The number of carboxylic acid groups (broad SMARTS) is 1. The zero-order valence-corrected chi connectivity index (χ0v) is 9.42. The first-order chi connectivity index (χ1) is 8.06. The van der Waals surface area contributed by atoms with Crippen molar-refractivity contribution < 1.29 is 29.0 Å². The van der Waals surface area contributed by atoms with Crippen molar-refractivity contribution in [2.75, 3.05) is 13.2 Å². The van der Waals surface area contributed by atoms with Crippen LogP contribution in [0.3, 0.4) is 0 Å². The fourth-order valence-electron chi connectivity index (χ4n) is 0.776. The number of carbonyl (C=O) groups is 3. The molecule has 0 saturated heterocycles. The van der Waals surface area contributed by atoms with Crippen molar-refractivity contribution in [2.45, 2.75) is 13.3 Å². The predicted octanol–water partition coefficient (Wildman–Crippen LogP) is 0.680. The molecule has 94 valence electrons. The lowest BCUT2D eigenvalue weighted by molar-refractivity contribution is -0.140. The smallest absolute Gasteiger partial charge is 0.331 e. The lowest BCUT2D eigenvalue weighted by Gasteiger charge is -2.02. The Morgan fingerprint density at radius 1 is 1.00 bits per heavy atom. The summed E-state index contributed by atoms with van der Waals surface area (Å²) in [5, 5.41) is 8.23. The molecular weight excluding hydrogens is 228 g/mol. The first kappa shape index (κ1) is 14.9. The molecule has 0 spiro atoms. The second kappa shape index (κ2) is 9.14. The molecule has 0 atom stereocenters. The second-order valence-electron chi connectivity index (χ2n) is 2.86. The van der Waals surface area contributed by atoms with E-state index in [9.17, 15) is 14.4 Å². The molecule has 0 bridgehead atoms. The topological polar surface area (TPSA) is 89.9 Å². The van der Waals surface area contributed by atoms with Gasteiger partial charge in [-0.3, -0.25) is 0 Å². The van der Waals surface area contributed by atoms with Gasteiger partial charge in [0.1, 0.15) is 0 Å². The summed E-state index contributed by atoms with van der Waals surface area (Å²) in [6.45, 7) is 1.89. The summed E-state index contributed by atoms with van der Waals surface area (Å²) in [7, 11) is 0. The summed E-state index contributed by atoms with van der Waals surface area (Å²) < 4.78 is 9.37. The highest BCUT2D eigenvalue weighted by Crippen LogP contribution is 1.89. The number of carboxylic acids is 1. The number of aliphatic carboxylic acids is 1. The molecule has 17 heavy (non-hydrogen) atoms. The van der Waals surface area contributed by atoms with Crippen LogP contribution in [0.5, 0.6) is 0 Å². The molecule has 0 aliphatic rings. The second-order valence-corrected chi connectivity index (χ2v) is 2.86. The van der Waals surface area contributed by atoms with Crippen LogP contribution >= 0.6 is 0 Å². The molecule has 0 unspecified atom stereocenters.